The van der Waals surface area contributed by atoms with Gasteiger partial charge < -0.3 is 20.7 Å². The lowest BCUT2D eigenvalue weighted by atomic mass is 10.2. The highest BCUT2D eigenvalue weighted by Gasteiger charge is 2.10. The van der Waals surface area contributed by atoms with Crippen molar-refractivity contribution in [1.82, 2.24) is 10.2 Å². The van der Waals surface area contributed by atoms with E-state index in [1.54, 1.807) is 25.3 Å². The van der Waals surface area contributed by atoms with E-state index in [0.29, 0.717) is 24.4 Å². The summed E-state index contributed by atoms with van der Waals surface area (Å²) in [5.74, 6) is -0.126. The maximum atomic E-state index is 12.0. The molecular formula is C13H20BrN3O2. The molecule has 6 heteroatoms. The highest BCUT2D eigenvalue weighted by atomic mass is 79.9. The second-order valence-electron chi connectivity index (χ2n) is 4.29. The summed E-state index contributed by atoms with van der Waals surface area (Å²) in [6, 6.07) is 5.18. The molecule has 1 rings (SSSR count). The fourth-order valence-electron chi connectivity index (χ4n) is 1.53. The van der Waals surface area contributed by atoms with Crippen molar-refractivity contribution >= 4 is 27.5 Å². The van der Waals surface area contributed by atoms with Gasteiger partial charge in [0.2, 0.25) is 0 Å². The van der Waals surface area contributed by atoms with Gasteiger partial charge in [-0.05, 0) is 41.2 Å². The molecule has 0 aliphatic heterocycles. The average Bonchev–Trinajstić information content (AvgIpc) is 2.39. The second-order valence-corrected chi connectivity index (χ2v) is 5.15. The number of nitrogens with one attached hydrogen (secondary N) is 1. The Kier molecular flexibility index (Phi) is 6.83. The topological polar surface area (TPSA) is 67.6 Å². The van der Waals surface area contributed by atoms with Gasteiger partial charge in [0.15, 0.2) is 0 Å². The summed E-state index contributed by atoms with van der Waals surface area (Å²) in [7, 11) is 3.66. The molecule has 0 aliphatic rings. The van der Waals surface area contributed by atoms with E-state index in [2.05, 4.69) is 26.1 Å². The molecule has 0 saturated carbocycles. The number of likely N-dealkylation sites (N-methyl/N-ethyl adjacent to an activating group) is 1. The first-order chi connectivity index (χ1) is 9.04. The van der Waals surface area contributed by atoms with Crippen LogP contribution in [-0.4, -0.2) is 51.2 Å². The Balaban J connectivity index is 2.41. The van der Waals surface area contributed by atoms with Crippen molar-refractivity contribution in [2.45, 2.75) is 0 Å². The minimum Gasteiger partial charge on any atom is -0.399 e. The summed E-state index contributed by atoms with van der Waals surface area (Å²) < 4.78 is 5.73. The zero-order chi connectivity index (χ0) is 14.3. The molecule has 106 valence electrons. The Labute approximate surface area is 122 Å². The van der Waals surface area contributed by atoms with E-state index in [9.17, 15) is 4.79 Å². The summed E-state index contributed by atoms with van der Waals surface area (Å²) in [5.41, 5.74) is 6.80. The van der Waals surface area contributed by atoms with Crippen molar-refractivity contribution in [3.63, 3.8) is 0 Å². The Hall–Kier alpha value is -1.11. The van der Waals surface area contributed by atoms with Crippen molar-refractivity contribution in [1.29, 1.82) is 0 Å². The molecule has 1 aromatic rings. The molecule has 0 aliphatic carbocycles. The van der Waals surface area contributed by atoms with Crippen LogP contribution in [-0.2, 0) is 4.74 Å². The monoisotopic (exact) mass is 329 g/mol. The number of nitrogens with zero attached hydrogens (tertiary/aromatic N) is 1. The normalized spacial score (nSPS) is 10.7. The number of amides is 1. The first-order valence-electron chi connectivity index (χ1n) is 6.05. The number of anilines is 1. The molecule has 1 aromatic carbocycles. The third kappa shape index (κ3) is 5.59. The number of benzene rings is 1. The van der Waals surface area contributed by atoms with Crippen molar-refractivity contribution in [3.05, 3.63) is 28.2 Å². The van der Waals surface area contributed by atoms with Crippen LogP contribution in [0.15, 0.2) is 22.7 Å². The summed E-state index contributed by atoms with van der Waals surface area (Å²) in [6.07, 6.45) is 0. The molecule has 3 N–H and O–H groups in total. The van der Waals surface area contributed by atoms with Gasteiger partial charge in [-0.1, -0.05) is 0 Å². The number of hydrogen-bond acceptors (Lipinski definition) is 4. The van der Waals surface area contributed by atoms with E-state index in [0.717, 1.165) is 17.6 Å². The number of ether oxygens (including phenoxy) is 1. The summed E-state index contributed by atoms with van der Waals surface area (Å²) >= 11 is 3.34. The van der Waals surface area contributed by atoms with Gasteiger partial charge in [-0.2, -0.15) is 0 Å². The van der Waals surface area contributed by atoms with Crippen LogP contribution >= 0.6 is 15.9 Å². The smallest absolute Gasteiger partial charge is 0.252 e. The molecule has 0 spiro atoms. The first-order valence-corrected chi connectivity index (χ1v) is 6.84. The van der Waals surface area contributed by atoms with Gasteiger partial charge in [0.05, 0.1) is 12.2 Å². The molecule has 0 fully saturated rings. The molecule has 0 bridgehead atoms. The minimum absolute atomic E-state index is 0.126. The number of rotatable bonds is 7. The van der Waals surface area contributed by atoms with Gasteiger partial charge in [0.25, 0.3) is 5.91 Å². The fraction of sp³-hybridized carbons (Fsp3) is 0.462. The molecule has 0 heterocycles. The van der Waals surface area contributed by atoms with Gasteiger partial charge in [0, 0.05) is 36.9 Å². The lowest BCUT2D eigenvalue weighted by Gasteiger charge is -2.16. The van der Waals surface area contributed by atoms with Crippen LogP contribution in [0.3, 0.4) is 0 Å². The molecule has 0 atom stereocenters. The Morgan fingerprint density at radius 2 is 2.21 bits per heavy atom. The summed E-state index contributed by atoms with van der Waals surface area (Å²) in [4.78, 5) is 14.1. The van der Waals surface area contributed by atoms with Gasteiger partial charge in [-0.15, -0.1) is 0 Å². The molecule has 0 unspecified atom stereocenters. The highest BCUT2D eigenvalue weighted by molar-refractivity contribution is 9.10. The zero-order valence-electron chi connectivity index (χ0n) is 11.3. The van der Waals surface area contributed by atoms with E-state index < -0.39 is 0 Å². The number of carbonyl (C=O) groups is 1. The van der Waals surface area contributed by atoms with Crippen LogP contribution in [0.4, 0.5) is 5.69 Å². The minimum atomic E-state index is -0.126. The van der Waals surface area contributed by atoms with E-state index in [1.165, 1.54) is 0 Å². The van der Waals surface area contributed by atoms with E-state index in [4.69, 9.17) is 10.5 Å². The standard InChI is InChI=1S/C13H20BrN3O2/c1-17(7-8-19-2)6-5-16-13(18)11-9-10(15)3-4-12(11)14/h3-4,9H,5-8,15H2,1-2H3,(H,16,18). The van der Waals surface area contributed by atoms with Gasteiger partial charge in [-0.3, -0.25) is 4.79 Å². The Morgan fingerprint density at radius 1 is 1.47 bits per heavy atom. The fourth-order valence-corrected chi connectivity index (χ4v) is 1.96. The summed E-state index contributed by atoms with van der Waals surface area (Å²) in [5, 5.41) is 2.87. The zero-order valence-corrected chi connectivity index (χ0v) is 12.9. The maximum Gasteiger partial charge on any atom is 0.252 e. The number of nitrogens with two attached hydrogens (primary N) is 1. The van der Waals surface area contributed by atoms with Gasteiger partial charge in [-0.25, -0.2) is 0 Å². The second kappa shape index (κ2) is 8.14. The highest BCUT2D eigenvalue weighted by Crippen LogP contribution is 2.19. The first kappa shape index (κ1) is 15.9. The Morgan fingerprint density at radius 3 is 2.89 bits per heavy atom. The lowest BCUT2D eigenvalue weighted by molar-refractivity contribution is 0.0947. The van der Waals surface area contributed by atoms with Gasteiger partial charge >= 0.3 is 0 Å². The summed E-state index contributed by atoms with van der Waals surface area (Å²) in [6.45, 7) is 2.88. The van der Waals surface area contributed by atoms with Gasteiger partial charge in [0.1, 0.15) is 0 Å². The van der Waals surface area contributed by atoms with Crippen molar-refractivity contribution in [3.8, 4) is 0 Å². The van der Waals surface area contributed by atoms with E-state index in [1.807, 2.05) is 7.05 Å². The maximum absolute atomic E-state index is 12.0. The van der Waals surface area contributed by atoms with Crippen LogP contribution in [0, 0.1) is 0 Å². The average molecular weight is 330 g/mol. The number of hydrogen-bond donors (Lipinski definition) is 2. The molecule has 0 saturated heterocycles. The third-order valence-corrected chi connectivity index (χ3v) is 3.38. The SMILES string of the molecule is COCCN(C)CCNC(=O)c1cc(N)ccc1Br. The van der Waals surface area contributed by atoms with Crippen molar-refractivity contribution in [2.24, 2.45) is 0 Å². The van der Waals surface area contributed by atoms with Crippen LogP contribution in [0.2, 0.25) is 0 Å². The predicted molar refractivity (Wildman–Crippen MR) is 80.3 cm³/mol. The molecule has 5 nitrogen and oxygen atoms in total. The molecule has 1 amide bonds. The number of halogens is 1. The largest absolute Gasteiger partial charge is 0.399 e. The predicted octanol–water partition coefficient (Wildman–Crippen LogP) is 1.34. The lowest BCUT2D eigenvalue weighted by Crippen LogP contribution is -2.34. The quantitative estimate of drug-likeness (QED) is 0.741. The number of carbonyl (C=O) groups excluding carboxylic acids is 1. The van der Waals surface area contributed by atoms with Crippen molar-refractivity contribution in [2.75, 3.05) is 46.1 Å². The molecule has 0 aromatic heterocycles. The molecule has 19 heavy (non-hydrogen) atoms. The van der Waals surface area contributed by atoms with Crippen LogP contribution in [0.1, 0.15) is 10.4 Å². The number of methoxy groups -OCH3 is 1. The van der Waals surface area contributed by atoms with Crippen LogP contribution in [0.5, 0.6) is 0 Å². The number of nitrogen functional groups attached to an aromatic ring is 1. The molecular weight excluding hydrogens is 310 g/mol. The Bertz CT molecular complexity index is 426. The van der Waals surface area contributed by atoms with Crippen molar-refractivity contribution < 1.29 is 9.53 Å². The van der Waals surface area contributed by atoms with Crippen LogP contribution in [0.25, 0.3) is 0 Å². The van der Waals surface area contributed by atoms with Crippen LogP contribution < -0.4 is 11.1 Å². The molecule has 0 radical (unpaired) electrons. The third-order valence-electron chi connectivity index (χ3n) is 2.69. The van der Waals surface area contributed by atoms with E-state index in [-0.39, 0.29) is 5.91 Å². The van der Waals surface area contributed by atoms with E-state index >= 15 is 0 Å².